The zero-order chi connectivity index (χ0) is 32.0. The number of aryl methyl sites for hydroxylation is 1. The average molecular weight is 622 g/mol. The molecule has 0 saturated carbocycles. The Labute approximate surface area is 267 Å². The topological polar surface area (TPSA) is 70.0 Å². The Morgan fingerprint density at radius 2 is 1.89 bits per heavy atom. The lowest BCUT2D eigenvalue weighted by molar-refractivity contribution is -0.0248. The average Bonchev–Trinajstić information content (AvgIpc) is 3.45. The largest absolute Gasteiger partial charge is 0.478 e. The Morgan fingerprint density at radius 3 is 2.59 bits per heavy atom. The summed E-state index contributed by atoms with van der Waals surface area (Å²) in [6.07, 6.45) is 12.1. The molecule has 46 heavy (non-hydrogen) atoms. The van der Waals surface area contributed by atoms with E-state index in [1.807, 2.05) is 6.07 Å². The van der Waals surface area contributed by atoms with Gasteiger partial charge >= 0.3 is 0 Å². The van der Waals surface area contributed by atoms with Gasteiger partial charge in [-0.05, 0) is 49.6 Å². The number of rotatable bonds is 9. The van der Waals surface area contributed by atoms with E-state index in [0.717, 1.165) is 74.6 Å². The molecule has 0 radical (unpaired) electrons. The Morgan fingerprint density at radius 1 is 1.11 bits per heavy atom. The molecule has 3 saturated heterocycles. The molecular formula is C36H37F2N7O. The number of hydrogen-bond donors (Lipinski definition) is 2. The van der Waals surface area contributed by atoms with Crippen LogP contribution in [0.4, 0.5) is 20.3 Å². The molecule has 0 bridgehead atoms. The smallest absolute Gasteiger partial charge is 0.201 e. The van der Waals surface area contributed by atoms with Crippen LogP contribution in [0.2, 0.25) is 0 Å². The van der Waals surface area contributed by atoms with Crippen molar-refractivity contribution in [3.8, 4) is 29.4 Å². The van der Waals surface area contributed by atoms with Crippen molar-refractivity contribution in [1.82, 2.24) is 29.5 Å². The van der Waals surface area contributed by atoms with Gasteiger partial charge in [0.1, 0.15) is 6.61 Å². The molecule has 0 amide bonds. The van der Waals surface area contributed by atoms with Crippen molar-refractivity contribution in [2.75, 3.05) is 51.2 Å². The van der Waals surface area contributed by atoms with Crippen molar-refractivity contribution in [1.29, 1.82) is 0 Å². The van der Waals surface area contributed by atoms with E-state index in [0.29, 0.717) is 28.5 Å². The number of hydrogen-bond acceptors (Lipinski definition) is 7. The lowest BCUT2D eigenvalue weighted by Crippen LogP contribution is -2.70. The van der Waals surface area contributed by atoms with Crippen molar-refractivity contribution in [2.45, 2.75) is 19.8 Å². The molecule has 0 atom stereocenters. The van der Waals surface area contributed by atoms with Crippen LogP contribution in [0.15, 0.2) is 67.8 Å². The molecule has 1 spiro atoms. The third-order valence-corrected chi connectivity index (χ3v) is 9.67. The van der Waals surface area contributed by atoms with Crippen LogP contribution in [0.3, 0.4) is 0 Å². The molecule has 0 aliphatic carbocycles. The Kier molecular flexibility index (Phi) is 7.65. The van der Waals surface area contributed by atoms with E-state index in [2.05, 4.69) is 68.5 Å². The van der Waals surface area contributed by atoms with Gasteiger partial charge in [-0.15, -0.1) is 6.42 Å². The Bertz CT molecular complexity index is 1870. The molecule has 236 valence electrons. The fourth-order valence-electron chi connectivity index (χ4n) is 6.95. The van der Waals surface area contributed by atoms with Gasteiger partial charge in [-0.1, -0.05) is 25.1 Å². The highest BCUT2D eigenvalue weighted by molar-refractivity contribution is 5.76. The van der Waals surface area contributed by atoms with Gasteiger partial charge in [-0.2, -0.15) is 4.39 Å². The normalized spacial score (nSPS) is 17.3. The van der Waals surface area contributed by atoms with E-state index in [1.165, 1.54) is 24.0 Å². The standard InChI is InChI=1S/C36H37F2N7O/c1-5-16-46-31-9-8-29(32(37)33(31)38)30-18-41-35-34(40-12-15-45(30)35)42-27-6-7-28(23(2)17-27)25(4)43-13-10-26(11-14-43)24(3)44-21-36(22-44)19-39-20-36/h1,6-9,12,15,17-18,26,39H,3-4,10-11,13-14,16,19-22H2,2H3,(H,40,42). The molecule has 0 unspecified atom stereocenters. The first kappa shape index (κ1) is 29.8. The van der Waals surface area contributed by atoms with Crippen LogP contribution in [0.25, 0.3) is 22.6 Å². The highest BCUT2D eigenvalue weighted by Crippen LogP contribution is 2.40. The van der Waals surface area contributed by atoms with E-state index >= 15 is 4.39 Å². The number of piperidine rings is 1. The highest BCUT2D eigenvalue weighted by Gasteiger charge is 2.48. The summed E-state index contributed by atoms with van der Waals surface area (Å²) in [4.78, 5) is 13.8. The van der Waals surface area contributed by atoms with E-state index in [1.54, 1.807) is 16.8 Å². The number of nitrogens with one attached hydrogen (secondary N) is 2. The summed E-state index contributed by atoms with van der Waals surface area (Å²) in [6, 6.07) is 8.94. The summed E-state index contributed by atoms with van der Waals surface area (Å²) in [5.41, 5.74) is 6.75. The van der Waals surface area contributed by atoms with Crippen LogP contribution in [0.5, 0.6) is 5.75 Å². The quantitative estimate of drug-likeness (QED) is 0.228. The number of anilines is 2. The monoisotopic (exact) mass is 621 g/mol. The molecule has 8 nitrogen and oxygen atoms in total. The number of halogens is 2. The molecular weight excluding hydrogens is 584 g/mol. The maximum atomic E-state index is 15.1. The number of imidazole rings is 1. The number of nitrogens with zero attached hydrogens (tertiary/aromatic N) is 5. The second-order valence-electron chi connectivity index (χ2n) is 12.7. The Balaban J connectivity index is 1.02. The van der Waals surface area contributed by atoms with Crippen LogP contribution in [-0.4, -0.2) is 70.0 Å². The van der Waals surface area contributed by atoms with Crippen LogP contribution in [0.1, 0.15) is 24.0 Å². The Hall–Kier alpha value is -4.88. The van der Waals surface area contributed by atoms with Crippen molar-refractivity contribution in [3.05, 3.63) is 90.5 Å². The van der Waals surface area contributed by atoms with Gasteiger partial charge in [-0.3, -0.25) is 4.40 Å². The first-order valence-electron chi connectivity index (χ1n) is 15.6. The first-order chi connectivity index (χ1) is 22.3. The summed E-state index contributed by atoms with van der Waals surface area (Å²) in [6.45, 7) is 17.3. The maximum absolute atomic E-state index is 15.1. The minimum absolute atomic E-state index is 0.0439. The van der Waals surface area contributed by atoms with Crippen LogP contribution < -0.4 is 15.4 Å². The number of terminal acetylenes is 1. The van der Waals surface area contributed by atoms with Crippen LogP contribution in [0, 0.1) is 42.2 Å². The van der Waals surface area contributed by atoms with Crippen molar-refractivity contribution >= 4 is 22.8 Å². The lowest BCUT2D eigenvalue weighted by atomic mass is 9.73. The van der Waals surface area contributed by atoms with Gasteiger partial charge in [0.15, 0.2) is 23.0 Å². The van der Waals surface area contributed by atoms with Gasteiger partial charge in [0, 0.05) is 91.2 Å². The van der Waals surface area contributed by atoms with Gasteiger partial charge < -0.3 is 25.2 Å². The number of fused-ring (bicyclic) bond motifs is 1. The number of benzene rings is 2. The summed E-state index contributed by atoms with van der Waals surface area (Å²) < 4.78 is 36.5. The summed E-state index contributed by atoms with van der Waals surface area (Å²) >= 11 is 0. The minimum atomic E-state index is -1.10. The molecule has 2 aromatic carbocycles. The van der Waals surface area contributed by atoms with Gasteiger partial charge in [0.2, 0.25) is 5.82 Å². The minimum Gasteiger partial charge on any atom is -0.478 e. The van der Waals surface area contributed by atoms with Crippen molar-refractivity contribution in [3.63, 3.8) is 0 Å². The van der Waals surface area contributed by atoms with Crippen molar-refractivity contribution < 1.29 is 13.5 Å². The first-order valence-corrected chi connectivity index (χ1v) is 15.6. The summed E-state index contributed by atoms with van der Waals surface area (Å²) in [5.74, 6) is 0.877. The van der Waals surface area contributed by atoms with E-state index < -0.39 is 11.6 Å². The molecule has 2 aromatic heterocycles. The molecule has 3 aliphatic rings. The number of ether oxygens (including phenoxy) is 1. The lowest BCUT2D eigenvalue weighted by Gasteiger charge is -2.58. The molecule has 2 N–H and O–H groups in total. The highest BCUT2D eigenvalue weighted by atomic mass is 19.2. The second-order valence-corrected chi connectivity index (χ2v) is 12.7. The number of likely N-dealkylation sites (tertiary alicyclic amines) is 2. The third kappa shape index (κ3) is 5.24. The molecule has 4 aromatic rings. The summed E-state index contributed by atoms with van der Waals surface area (Å²) in [5, 5.41) is 6.75. The molecule has 3 fully saturated rings. The SMILES string of the molecule is C#CCOc1ccc(-c2cnc3c(Nc4ccc(C(=C)N5CCC(C(=C)N6CC7(CNC7)C6)CC5)c(C)c4)nccn23)c(F)c1F. The van der Waals surface area contributed by atoms with E-state index in [4.69, 9.17) is 11.2 Å². The molecule has 5 heterocycles. The van der Waals surface area contributed by atoms with Gasteiger partial charge in [-0.25, -0.2) is 14.4 Å². The van der Waals surface area contributed by atoms with Crippen LogP contribution in [-0.2, 0) is 0 Å². The molecule has 10 heteroatoms. The maximum Gasteiger partial charge on any atom is 0.201 e. The van der Waals surface area contributed by atoms with Crippen molar-refractivity contribution in [2.24, 2.45) is 11.3 Å². The predicted molar refractivity (Wildman–Crippen MR) is 176 cm³/mol. The fourth-order valence-corrected chi connectivity index (χ4v) is 6.95. The van der Waals surface area contributed by atoms with Crippen LogP contribution >= 0.6 is 0 Å². The van der Waals surface area contributed by atoms with E-state index in [-0.39, 0.29) is 17.9 Å². The van der Waals surface area contributed by atoms with Gasteiger partial charge in [0.05, 0.1) is 11.9 Å². The fraction of sp³-hybridized carbons (Fsp3) is 0.333. The predicted octanol–water partition coefficient (Wildman–Crippen LogP) is 5.84. The number of aromatic nitrogens is 3. The second kappa shape index (κ2) is 11.8. The van der Waals surface area contributed by atoms with Gasteiger partial charge in [0.25, 0.3) is 0 Å². The summed E-state index contributed by atoms with van der Waals surface area (Å²) in [7, 11) is 0. The zero-order valence-corrected chi connectivity index (χ0v) is 26.0. The molecule has 3 aliphatic heterocycles. The van der Waals surface area contributed by atoms with E-state index in [9.17, 15) is 4.39 Å². The zero-order valence-electron chi connectivity index (χ0n) is 26.0. The number of allylic oxidation sites excluding steroid dienone is 1. The third-order valence-electron chi connectivity index (χ3n) is 9.67. The molecule has 7 rings (SSSR count).